The first-order valence-corrected chi connectivity index (χ1v) is 9.55. The highest BCUT2D eigenvalue weighted by atomic mass is 16.5. The Kier molecular flexibility index (Phi) is 6.16. The summed E-state index contributed by atoms with van der Waals surface area (Å²) in [5.74, 6) is -0.744. The molecule has 0 bridgehead atoms. The summed E-state index contributed by atoms with van der Waals surface area (Å²) in [5, 5.41) is 2.88. The van der Waals surface area contributed by atoms with Crippen molar-refractivity contribution in [2.45, 2.75) is 39.0 Å². The number of nitrogens with one attached hydrogen (secondary N) is 1. The average Bonchev–Trinajstić information content (AvgIpc) is 2.93. The predicted octanol–water partition coefficient (Wildman–Crippen LogP) is 2.54. The van der Waals surface area contributed by atoms with Gasteiger partial charge in [0.25, 0.3) is 0 Å². The Balaban J connectivity index is 1.81. The summed E-state index contributed by atoms with van der Waals surface area (Å²) in [5.41, 5.74) is 1.97. The number of benzene rings is 2. The largest absolute Gasteiger partial charge is 0.463 e. The van der Waals surface area contributed by atoms with Gasteiger partial charge in [-0.05, 0) is 31.5 Å². The summed E-state index contributed by atoms with van der Waals surface area (Å²) in [6.07, 6.45) is -0.220. The summed E-state index contributed by atoms with van der Waals surface area (Å²) in [6.45, 7) is 3.42. The minimum atomic E-state index is -0.541. The van der Waals surface area contributed by atoms with Gasteiger partial charge in [-0.1, -0.05) is 42.5 Å². The molecule has 1 heterocycles. The Morgan fingerprint density at radius 1 is 1.00 bits per heavy atom. The molecule has 7 nitrogen and oxygen atoms in total. The molecule has 0 saturated heterocycles. The Morgan fingerprint density at radius 2 is 1.62 bits per heavy atom. The van der Waals surface area contributed by atoms with Crippen LogP contribution in [0.2, 0.25) is 0 Å². The number of esters is 1. The standard InChI is InChI=1S/C22H25N3O4/c1-15(2)29-21(27)13-17(16-9-5-4-6-10-16)23-20(26)14-25-19-12-8-7-11-18(19)24(3)22(25)28/h4-12,15,17H,13-14H2,1-3H3,(H,23,26). The van der Waals surface area contributed by atoms with Crippen molar-refractivity contribution in [1.82, 2.24) is 14.5 Å². The fourth-order valence-corrected chi connectivity index (χ4v) is 3.31. The molecule has 1 atom stereocenters. The lowest BCUT2D eigenvalue weighted by atomic mass is 10.0. The van der Waals surface area contributed by atoms with Crippen molar-refractivity contribution in [2.75, 3.05) is 0 Å². The van der Waals surface area contributed by atoms with Crippen LogP contribution < -0.4 is 11.0 Å². The highest BCUT2D eigenvalue weighted by Crippen LogP contribution is 2.18. The zero-order valence-electron chi connectivity index (χ0n) is 16.8. The van der Waals surface area contributed by atoms with Gasteiger partial charge in [0, 0.05) is 7.05 Å². The van der Waals surface area contributed by atoms with Gasteiger partial charge in [0.1, 0.15) is 6.54 Å². The summed E-state index contributed by atoms with van der Waals surface area (Å²) in [7, 11) is 1.67. The highest BCUT2D eigenvalue weighted by Gasteiger charge is 2.21. The van der Waals surface area contributed by atoms with Crippen LogP contribution in [0, 0.1) is 0 Å². The third-order valence-corrected chi connectivity index (χ3v) is 4.63. The number of amides is 1. The number of imidazole rings is 1. The van der Waals surface area contributed by atoms with Crippen LogP contribution in [-0.2, 0) is 27.9 Å². The molecular weight excluding hydrogens is 370 g/mol. The van der Waals surface area contributed by atoms with Gasteiger partial charge < -0.3 is 10.1 Å². The number of fused-ring (bicyclic) bond motifs is 1. The van der Waals surface area contributed by atoms with Crippen molar-refractivity contribution in [1.29, 1.82) is 0 Å². The van der Waals surface area contributed by atoms with E-state index in [0.29, 0.717) is 5.52 Å². The van der Waals surface area contributed by atoms with Crippen LogP contribution in [0.1, 0.15) is 31.9 Å². The molecule has 29 heavy (non-hydrogen) atoms. The molecular formula is C22H25N3O4. The van der Waals surface area contributed by atoms with Gasteiger partial charge in [-0.15, -0.1) is 0 Å². The number of aryl methyl sites for hydroxylation is 1. The summed E-state index contributed by atoms with van der Waals surface area (Å²) in [4.78, 5) is 37.5. The zero-order chi connectivity index (χ0) is 21.0. The molecule has 0 fully saturated rings. The van der Waals surface area contributed by atoms with Gasteiger partial charge in [0.2, 0.25) is 5.91 Å². The van der Waals surface area contributed by atoms with Gasteiger partial charge in [0.15, 0.2) is 0 Å². The van der Waals surface area contributed by atoms with E-state index in [0.717, 1.165) is 11.1 Å². The van der Waals surface area contributed by atoms with E-state index < -0.39 is 12.0 Å². The minimum Gasteiger partial charge on any atom is -0.463 e. The Hall–Kier alpha value is -3.35. The second kappa shape index (κ2) is 8.77. The van der Waals surface area contributed by atoms with Gasteiger partial charge in [-0.25, -0.2) is 4.79 Å². The van der Waals surface area contributed by atoms with Crippen LogP contribution in [0.4, 0.5) is 0 Å². The van der Waals surface area contributed by atoms with Crippen LogP contribution in [0.5, 0.6) is 0 Å². The Bertz CT molecular complexity index is 1070. The van der Waals surface area contributed by atoms with E-state index in [4.69, 9.17) is 4.74 Å². The lowest BCUT2D eigenvalue weighted by molar-refractivity contribution is -0.148. The zero-order valence-corrected chi connectivity index (χ0v) is 16.8. The molecule has 1 N–H and O–H groups in total. The van der Waals surface area contributed by atoms with E-state index in [2.05, 4.69) is 5.32 Å². The molecule has 1 unspecified atom stereocenters. The number of nitrogens with zero attached hydrogens (tertiary/aromatic N) is 2. The third kappa shape index (κ3) is 4.74. The van der Waals surface area contributed by atoms with Crippen molar-refractivity contribution in [2.24, 2.45) is 7.05 Å². The summed E-state index contributed by atoms with van der Waals surface area (Å²) >= 11 is 0. The first-order valence-electron chi connectivity index (χ1n) is 9.55. The number of carbonyl (C=O) groups excluding carboxylic acids is 2. The fraction of sp³-hybridized carbons (Fsp3) is 0.318. The maximum Gasteiger partial charge on any atom is 0.329 e. The molecule has 1 aromatic heterocycles. The van der Waals surface area contributed by atoms with Crippen molar-refractivity contribution in [3.05, 3.63) is 70.6 Å². The third-order valence-electron chi connectivity index (χ3n) is 4.63. The van der Waals surface area contributed by atoms with Gasteiger partial charge in [-0.2, -0.15) is 0 Å². The molecule has 152 valence electrons. The molecule has 0 aliphatic carbocycles. The molecule has 0 spiro atoms. The molecule has 1 amide bonds. The van der Waals surface area contributed by atoms with E-state index in [1.807, 2.05) is 48.5 Å². The lowest BCUT2D eigenvalue weighted by Crippen LogP contribution is -2.36. The van der Waals surface area contributed by atoms with Crippen LogP contribution in [-0.4, -0.2) is 27.1 Å². The molecule has 0 radical (unpaired) electrons. The SMILES string of the molecule is CC(C)OC(=O)CC(NC(=O)Cn1c(=O)n(C)c2ccccc21)c1ccccc1. The molecule has 0 aliphatic rings. The maximum absolute atomic E-state index is 12.8. The summed E-state index contributed by atoms with van der Waals surface area (Å²) in [6, 6.07) is 16.0. The molecule has 2 aromatic carbocycles. The second-order valence-electron chi connectivity index (χ2n) is 7.19. The number of hydrogen-bond acceptors (Lipinski definition) is 4. The van der Waals surface area contributed by atoms with Crippen LogP contribution >= 0.6 is 0 Å². The monoisotopic (exact) mass is 395 g/mol. The number of aromatic nitrogens is 2. The van der Waals surface area contributed by atoms with Crippen molar-refractivity contribution < 1.29 is 14.3 Å². The molecule has 3 rings (SSSR count). The Labute approximate surface area is 168 Å². The summed E-state index contributed by atoms with van der Waals surface area (Å²) < 4.78 is 8.17. The van der Waals surface area contributed by atoms with Gasteiger partial charge in [0.05, 0.1) is 29.6 Å². The maximum atomic E-state index is 12.8. The van der Waals surface area contributed by atoms with Crippen molar-refractivity contribution in [3.8, 4) is 0 Å². The second-order valence-corrected chi connectivity index (χ2v) is 7.19. The van der Waals surface area contributed by atoms with E-state index >= 15 is 0 Å². The number of hydrogen-bond donors (Lipinski definition) is 1. The van der Waals surface area contributed by atoms with E-state index in [1.165, 1.54) is 9.13 Å². The lowest BCUT2D eigenvalue weighted by Gasteiger charge is -2.19. The minimum absolute atomic E-state index is 0.0123. The van der Waals surface area contributed by atoms with Gasteiger partial charge >= 0.3 is 11.7 Å². The highest BCUT2D eigenvalue weighted by molar-refractivity contribution is 5.81. The Morgan fingerprint density at radius 3 is 2.28 bits per heavy atom. The van der Waals surface area contributed by atoms with E-state index in [1.54, 1.807) is 27.0 Å². The first-order chi connectivity index (χ1) is 13.9. The molecule has 0 aliphatic heterocycles. The number of ether oxygens (including phenoxy) is 1. The molecule has 0 saturated carbocycles. The van der Waals surface area contributed by atoms with Crippen LogP contribution in [0.25, 0.3) is 11.0 Å². The van der Waals surface area contributed by atoms with Crippen LogP contribution in [0.15, 0.2) is 59.4 Å². The molecule has 7 heteroatoms. The van der Waals surface area contributed by atoms with Crippen LogP contribution in [0.3, 0.4) is 0 Å². The quantitative estimate of drug-likeness (QED) is 0.623. The van der Waals surface area contributed by atoms with Crippen molar-refractivity contribution in [3.63, 3.8) is 0 Å². The molecule has 3 aromatic rings. The van der Waals surface area contributed by atoms with E-state index in [-0.39, 0.29) is 30.7 Å². The topological polar surface area (TPSA) is 82.3 Å². The van der Waals surface area contributed by atoms with E-state index in [9.17, 15) is 14.4 Å². The fourth-order valence-electron chi connectivity index (χ4n) is 3.31. The normalized spacial score (nSPS) is 12.1. The average molecular weight is 395 g/mol. The predicted molar refractivity (Wildman–Crippen MR) is 110 cm³/mol. The number of rotatable bonds is 7. The number of para-hydroxylation sites is 2. The smallest absolute Gasteiger partial charge is 0.329 e. The number of carbonyl (C=O) groups is 2. The van der Waals surface area contributed by atoms with Gasteiger partial charge in [-0.3, -0.25) is 18.7 Å². The van der Waals surface area contributed by atoms with Crippen molar-refractivity contribution >= 4 is 22.9 Å². The first kappa shape index (κ1) is 20.4.